The zero-order chi connectivity index (χ0) is 13.8. The van der Waals surface area contributed by atoms with Gasteiger partial charge in [0.15, 0.2) is 5.75 Å². The van der Waals surface area contributed by atoms with Crippen molar-refractivity contribution in [1.29, 1.82) is 0 Å². The molecule has 1 atom stereocenters. The summed E-state index contributed by atoms with van der Waals surface area (Å²) in [6.45, 7) is 2.81. The highest BCUT2D eigenvalue weighted by Crippen LogP contribution is 2.29. The van der Waals surface area contributed by atoms with Gasteiger partial charge in [0, 0.05) is 12.7 Å². The first-order chi connectivity index (χ1) is 9.21. The number of nitrogens with zero attached hydrogens (tertiary/aromatic N) is 3. The highest BCUT2D eigenvalue weighted by molar-refractivity contribution is 6.30. The van der Waals surface area contributed by atoms with Crippen molar-refractivity contribution in [3.63, 3.8) is 0 Å². The average molecular weight is 281 g/mol. The van der Waals surface area contributed by atoms with Crippen LogP contribution in [-0.2, 0) is 6.54 Å². The number of hydrogen-bond donors (Lipinski definition) is 1. The standard InChI is InChI=1S/C13H17ClN4O/c1-4-18-13(11(19-3)8-17-18)12(15-2)10-6-5-9(14)7-16-10/h5-8,12,15H,4H2,1-3H3. The minimum Gasteiger partial charge on any atom is -0.493 e. The predicted octanol–water partition coefficient (Wildman–Crippen LogP) is 2.27. The molecule has 5 nitrogen and oxygen atoms in total. The Morgan fingerprint density at radius 2 is 2.21 bits per heavy atom. The molecule has 19 heavy (non-hydrogen) atoms. The van der Waals surface area contributed by atoms with Crippen LogP contribution in [-0.4, -0.2) is 28.9 Å². The monoisotopic (exact) mass is 280 g/mol. The number of halogens is 1. The zero-order valence-corrected chi connectivity index (χ0v) is 12.0. The molecule has 0 aromatic carbocycles. The van der Waals surface area contributed by atoms with Crippen LogP contribution >= 0.6 is 11.6 Å². The topological polar surface area (TPSA) is 52.0 Å². The van der Waals surface area contributed by atoms with Crippen molar-refractivity contribution < 1.29 is 4.74 Å². The van der Waals surface area contributed by atoms with Gasteiger partial charge in [0.25, 0.3) is 0 Å². The Balaban J connectivity index is 2.46. The van der Waals surface area contributed by atoms with Crippen LogP contribution in [0, 0.1) is 0 Å². The van der Waals surface area contributed by atoms with Gasteiger partial charge in [-0.1, -0.05) is 11.6 Å². The highest BCUT2D eigenvalue weighted by Gasteiger charge is 2.22. The van der Waals surface area contributed by atoms with Crippen LogP contribution in [0.1, 0.15) is 24.4 Å². The number of aryl methyl sites for hydroxylation is 1. The van der Waals surface area contributed by atoms with Gasteiger partial charge in [0.1, 0.15) is 5.69 Å². The minimum absolute atomic E-state index is 0.0883. The third kappa shape index (κ3) is 2.72. The normalized spacial score (nSPS) is 12.4. The van der Waals surface area contributed by atoms with E-state index in [0.717, 1.165) is 23.7 Å². The van der Waals surface area contributed by atoms with Gasteiger partial charge in [-0.15, -0.1) is 0 Å². The van der Waals surface area contributed by atoms with Crippen molar-refractivity contribution in [2.45, 2.75) is 19.5 Å². The van der Waals surface area contributed by atoms with Crippen molar-refractivity contribution in [1.82, 2.24) is 20.1 Å². The minimum atomic E-state index is -0.0883. The van der Waals surface area contributed by atoms with Gasteiger partial charge in [-0.25, -0.2) is 0 Å². The molecule has 0 radical (unpaired) electrons. The lowest BCUT2D eigenvalue weighted by atomic mass is 10.1. The van der Waals surface area contributed by atoms with Gasteiger partial charge in [-0.3, -0.25) is 9.67 Å². The average Bonchev–Trinajstić information content (AvgIpc) is 2.85. The molecule has 0 amide bonds. The lowest BCUT2D eigenvalue weighted by Crippen LogP contribution is -2.23. The molecule has 102 valence electrons. The van der Waals surface area contributed by atoms with Crippen LogP contribution in [0.4, 0.5) is 0 Å². The first kappa shape index (κ1) is 13.8. The molecular weight excluding hydrogens is 264 g/mol. The van der Waals surface area contributed by atoms with E-state index in [0.29, 0.717) is 5.02 Å². The maximum atomic E-state index is 5.88. The second kappa shape index (κ2) is 6.04. The summed E-state index contributed by atoms with van der Waals surface area (Å²) in [6.07, 6.45) is 3.36. The lowest BCUT2D eigenvalue weighted by molar-refractivity contribution is 0.400. The second-order valence-electron chi connectivity index (χ2n) is 4.04. The Hall–Kier alpha value is -1.59. The Morgan fingerprint density at radius 3 is 2.74 bits per heavy atom. The van der Waals surface area contributed by atoms with Crippen LogP contribution in [0.15, 0.2) is 24.5 Å². The van der Waals surface area contributed by atoms with Gasteiger partial charge in [-0.05, 0) is 26.1 Å². The number of rotatable bonds is 5. The van der Waals surface area contributed by atoms with E-state index in [1.807, 2.05) is 30.8 Å². The van der Waals surface area contributed by atoms with Crippen molar-refractivity contribution in [2.75, 3.05) is 14.2 Å². The van der Waals surface area contributed by atoms with E-state index in [1.165, 1.54) is 0 Å². The van der Waals surface area contributed by atoms with Crippen LogP contribution in [0.25, 0.3) is 0 Å². The summed E-state index contributed by atoms with van der Waals surface area (Å²) < 4.78 is 7.28. The molecule has 0 saturated carbocycles. The van der Waals surface area contributed by atoms with E-state index in [1.54, 1.807) is 19.5 Å². The Morgan fingerprint density at radius 1 is 1.42 bits per heavy atom. The Labute approximate surface area is 117 Å². The molecule has 2 aromatic heterocycles. The number of ether oxygens (including phenoxy) is 1. The predicted molar refractivity (Wildman–Crippen MR) is 74.6 cm³/mol. The van der Waals surface area contributed by atoms with E-state index in [9.17, 15) is 0 Å². The van der Waals surface area contributed by atoms with Crippen molar-refractivity contribution in [3.8, 4) is 5.75 Å². The van der Waals surface area contributed by atoms with E-state index >= 15 is 0 Å². The van der Waals surface area contributed by atoms with Crippen LogP contribution in [0.5, 0.6) is 5.75 Å². The number of aromatic nitrogens is 3. The van der Waals surface area contributed by atoms with Gasteiger partial charge in [-0.2, -0.15) is 5.10 Å². The van der Waals surface area contributed by atoms with Crippen molar-refractivity contribution in [3.05, 3.63) is 40.9 Å². The fraction of sp³-hybridized carbons (Fsp3) is 0.385. The molecule has 0 spiro atoms. The molecule has 1 N–H and O–H groups in total. The number of hydrogen-bond acceptors (Lipinski definition) is 4. The largest absolute Gasteiger partial charge is 0.493 e. The fourth-order valence-corrected chi connectivity index (χ4v) is 2.17. The summed E-state index contributed by atoms with van der Waals surface area (Å²) in [5.41, 5.74) is 1.84. The number of methoxy groups -OCH3 is 1. The lowest BCUT2D eigenvalue weighted by Gasteiger charge is -2.18. The third-order valence-electron chi connectivity index (χ3n) is 2.97. The Kier molecular flexibility index (Phi) is 4.39. The van der Waals surface area contributed by atoms with E-state index in [-0.39, 0.29) is 6.04 Å². The summed E-state index contributed by atoms with van der Waals surface area (Å²) in [7, 11) is 3.52. The molecule has 1 unspecified atom stereocenters. The van der Waals surface area contributed by atoms with Crippen LogP contribution < -0.4 is 10.1 Å². The molecule has 0 fully saturated rings. The summed E-state index contributed by atoms with van der Waals surface area (Å²) in [5, 5.41) is 8.18. The second-order valence-corrected chi connectivity index (χ2v) is 4.47. The van der Waals surface area contributed by atoms with Gasteiger partial charge < -0.3 is 10.1 Å². The van der Waals surface area contributed by atoms with Gasteiger partial charge in [0.2, 0.25) is 0 Å². The third-order valence-corrected chi connectivity index (χ3v) is 3.20. The molecule has 0 saturated heterocycles. The SMILES string of the molecule is CCn1ncc(OC)c1C(NC)c1ccc(Cl)cn1. The Bertz CT molecular complexity index is 517. The summed E-state index contributed by atoms with van der Waals surface area (Å²) in [4.78, 5) is 4.37. The number of nitrogens with one attached hydrogen (secondary N) is 1. The first-order valence-corrected chi connectivity index (χ1v) is 6.47. The molecular formula is C13H17ClN4O. The van der Waals surface area contributed by atoms with E-state index in [4.69, 9.17) is 16.3 Å². The smallest absolute Gasteiger partial charge is 0.161 e. The molecule has 2 heterocycles. The van der Waals surface area contributed by atoms with E-state index in [2.05, 4.69) is 15.4 Å². The maximum absolute atomic E-state index is 5.88. The molecule has 2 aromatic rings. The molecule has 6 heteroatoms. The van der Waals surface area contributed by atoms with E-state index < -0.39 is 0 Å². The fourth-order valence-electron chi connectivity index (χ4n) is 2.06. The summed E-state index contributed by atoms with van der Waals surface area (Å²) in [6, 6.07) is 3.64. The molecule has 0 aliphatic rings. The van der Waals surface area contributed by atoms with Crippen LogP contribution in [0.3, 0.4) is 0 Å². The quantitative estimate of drug-likeness (QED) is 0.913. The van der Waals surface area contributed by atoms with Crippen molar-refractivity contribution in [2.24, 2.45) is 0 Å². The molecule has 2 rings (SSSR count). The summed E-state index contributed by atoms with van der Waals surface area (Å²) >= 11 is 5.88. The first-order valence-electron chi connectivity index (χ1n) is 6.09. The maximum Gasteiger partial charge on any atom is 0.161 e. The highest BCUT2D eigenvalue weighted by atomic mass is 35.5. The number of pyridine rings is 1. The molecule has 0 bridgehead atoms. The van der Waals surface area contributed by atoms with Crippen LogP contribution in [0.2, 0.25) is 5.02 Å². The molecule has 0 aliphatic heterocycles. The zero-order valence-electron chi connectivity index (χ0n) is 11.2. The van der Waals surface area contributed by atoms with Gasteiger partial charge >= 0.3 is 0 Å². The van der Waals surface area contributed by atoms with Gasteiger partial charge in [0.05, 0.1) is 30.1 Å². The van der Waals surface area contributed by atoms with Crippen molar-refractivity contribution >= 4 is 11.6 Å². The molecule has 0 aliphatic carbocycles. The summed E-state index contributed by atoms with van der Waals surface area (Å²) in [5.74, 6) is 0.748.